The number of carbonyl (C=O) groups is 1. The first-order chi connectivity index (χ1) is 13.5. The lowest BCUT2D eigenvalue weighted by Gasteiger charge is -2.20. The molecule has 2 aromatic heterocycles. The third-order valence-electron chi connectivity index (χ3n) is 4.62. The van der Waals surface area contributed by atoms with Crippen molar-refractivity contribution in [1.29, 1.82) is 0 Å². The van der Waals surface area contributed by atoms with E-state index in [0.29, 0.717) is 22.3 Å². The molecule has 0 unspecified atom stereocenters. The van der Waals surface area contributed by atoms with Crippen molar-refractivity contribution in [1.82, 2.24) is 9.97 Å². The maximum Gasteiger partial charge on any atom is 0.260 e. The number of nitrogens with zero attached hydrogens (tertiary/aromatic N) is 3. The Balaban J connectivity index is 1.78. The lowest BCUT2D eigenvalue weighted by atomic mass is 10.1. The van der Waals surface area contributed by atoms with Crippen LogP contribution in [0.4, 0.5) is 5.13 Å². The van der Waals surface area contributed by atoms with Crippen LogP contribution in [0.25, 0.3) is 10.2 Å². The molecule has 0 N–H and O–H groups in total. The zero-order chi connectivity index (χ0) is 19.7. The topological polar surface area (TPSA) is 46.1 Å². The van der Waals surface area contributed by atoms with Crippen molar-refractivity contribution >= 4 is 44.2 Å². The third-order valence-corrected chi connectivity index (χ3v) is 5.89. The maximum atomic E-state index is 13.4. The summed E-state index contributed by atoms with van der Waals surface area (Å²) < 4.78 is 0.946. The summed E-state index contributed by atoms with van der Waals surface area (Å²) in [7, 11) is 0. The minimum atomic E-state index is -0.0982. The van der Waals surface area contributed by atoms with Crippen LogP contribution in [0.1, 0.15) is 27.2 Å². The molecule has 0 saturated carbocycles. The number of thiazole rings is 1. The second kappa shape index (κ2) is 7.70. The standard InChI is InChI=1S/C22H18ClN3OS/c1-14-6-7-16(11-15(14)2)21(27)26(13-18-5-3-4-10-24-18)22-25-19-9-8-17(23)12-20(19)28-22/h3-12H,13H2,1-2H3. The normalized spacial score (nSPS) is 11.0. The Morgan fingerprint density at radius 3 is 2.68 bits per heavy atom. The number of carbonyl (C=O) groups excluding carboxylic acids is 1. The van der Waals surface area contributed by atoms with Crippen molar-refractivity contribution in [3.05, 3.63) is 88.2 Å². The Hall–Kier alpha value is -2.76. The fourth-order valence-corrected chi connectivity index (χ4v) is 4.15. The molecule has 0 aliphatic carbocycles. The quantitative estimate of drug-likeness (QED) is 0.429. The van der Waals surface area contributed by atoms with Gasteiger partial charge in [0.1, 0.15) is 0 Å². The number of rotatable bonds is 4. The van der Waals surface area contributed by atoms with E-state index in [1.807, 2.05) is 68.4 Å². The minimum Gasteiger partial charge on any atom is -0.278 e. The van der Waals surface area contributed by atoms with Gasteiger partial charge in [0.2, 0.25) is 0 Å². The summed E-state index contributed by atoms with van der Waals surface area (Å²) in [5.74, 6) is -0.0982. The van der Waals surface area contributed by atoms with E-state index < -0.39 is 0 Å². The van der Waals surface area contributed by atoms with Crippen molar-refractivity contribution in [2.45, 2.75) is 20.4 Å². The van der Waals surface area contributed by atoms with E-state index in [0.717, 1.165) is 27.0 Å². The van der Waals surface area contributed by atoms with Crippen LogP contribution in [-0.2, 0) is 6.54 Å². The summed E-state index contributed by atoms with van der Waals surface area (Å²) in [5, 5.41) is 1.28. The van der Waals surface area contributed by atoms with Crippen LogP contribution >= 0.6 is 22.9 Å². The predicted molar refractivity (Wildman–Crippen MR) is 115 cm³/mol. The highest BCUT2D eigenvalue weighted by Gasteiger charge is 2.22. The number of pyridine rings is 1. The van der Waals surface area contributed by atoms with Crippen molar-refractivity contribution in [3.63, 3.8) is 0 Å². The molecule has 6 heteroatoms. The average Bonchev–Trinajstić information content (AvgIpc) is 3.11. The zero-order valence-electron chi connectivity index (χ0n) is 15.5. The Labute approximate surface area is 172 Å². The number of hydrogen-bond donors (Lipinski definition) is 0. The van der Waals surface area contributed by atoms with E-state index in [4.69, 9.17) is 11.6 Å². The highest BCUT2D eigenvalue weighted by atomic mass is 35.5. The van der Waals surface area contributed by atoms with Gasteiger partial charge in [0.15, 0.2) is 5.13 Å². The Bertz CT molecular complexity index is 1160. The minimum absolute atomic E-state index is 0.0982. The molecule has 0 aliphatic heterocycles. The lowest BCUT2D eigenvalue weighted by molar-refractivity contribution is 0.0984. The molecule has 0 bridgehead atoms. The third kappa shape index (κ3) is 3.77. The van der Waals surface area contributed by atoms with Crippen LogP contribution in [0.3, 0.4) is 0 Å². The molecule has 4 rings (SSSR count). The Morgan fingerprint density at radius 1 is 1.07 bits per heavy atom. The number of halogens is 1. The van der Waals surface area contributed by atoms with Crippen LogP contribution in [-0.4, -0.2) is 15.9 Å². The molecule has 28 heavy (non-hydrogen) atoms. The van der Waals surface area contributed by atoms with Gasteiger partial charge in [-0.2, -0.15) is 0 Å². The van der Waals surface area contributed by atoms with E-state index in [1.54, 1.807) is 11.1 Å². The summed E-state index contributed by atoms with van der Waals surface area (Å²) in [6.45, 7) is 4.39. The van der Waals surface area contributed by atoms with Crippen molar-refractivity contribution in [3.8, 4) is 0 Å². The van der Waals surface area contributed by atoms with Gasteiger partial charge in [-0.05, 0) is 67.4 Å². The van der Waals surface area contributed by atoms with Crippen LogP contribution in [0, 0.1) is 13.8 Å². The van der Waals surface area contributed by atoms with Gasteiger partial charge < -0.3 is 0 Å². The van der Waals surface area contributed by atoms with Crippen molar-refractivity contribution in [2.24, 2.45) is 0 Å². The molecule has 0 fully saturated rings. The number of benzene rings is 2. The molecule has 0 spiro atoms. The average molecular weight is 408 g/mol. The molecule has 0 aliphatic rings. The van der Waals surface area contributed by atoms with E-state index in [9.17, 15) is 4.79 Å². The fourth-order valence-electron chi connectivity index (χ4n) is 2.91. The van der Waals surface area contributed by atoms with Crippen LogP contribution in [0.15, 0.2) is 60.8 Å². The largest absolute Gasteiger partial charge is 0.278 e. The van der Waals surface area contributed by atoms with Gasteiger partial charge in [-0.25, -0.2) is 4.98 Å². The second-order valence-electron chi connectivity index (χ2n) is 6.62. The molecular weight excluding hydrogens is 390 g/mol. The van der Waals surface area contributed by atoms with E-state index in [2.05, 4.69) is 9.97 Å². The highest BCUT2D eigenvalue weighted by molar-refractivity contribution is 7.22. The first-order valence-electron chi connectivity index (χ1n) is 8.86. The van der Waals surface area contributed by atoms with Gasteiger partial charge in [-0.3, -0.25) is 14.7 Å². The summed E-state index contributed by atoms with van der Waals surface area (Å²) in [4.78, 5) is 24.1. The van der Waals surface area contributed by atoms with E-state index in [-0.39, 0.29) is 5.91 Å². The van der Waals surface area contributed by atoms with Crippen LogP contribution in [0.2, 0.25) is 5.02 Å². The number of aromatic nitrogens is 2. The van der Waals surface area contributed by atoms with Crippen LogP contribution in [0.5, 0.6) is 0 Å². The number of aryl methyl sites for hydroxylation is 2. The maximum absolute atomic E-state index is 13.4. The number of amides is 1. The molecule has 2 heterocycles. The molecule has 140 valence electrons. The number of anilines is 1. The van der Waals surface area contributed by atoms with Gasteiger partial charge in [0.05, 0.1) is 22.5 Å². The molecule has 4 aromatic rings. The summed E-state index contributed by atoms with van der Waals surface area (Å²) in [6, 6.07) is 17.0. The number of fused-ring (bicyclic) bond motifs is 1. The second-order valence-corrected chi connectivity index (χ2v) is 8.07. The first kappa shape index (κ1) is 18.6. The van der Waals surface area contributed by atoms with Gasteiger partial charge in [0.25, 0.3) is 5.91 Å². The van der Waals surface area contributed by atoms with E-state index in [1.165, 1.54) is 11.3 Å². The number of hydrogen-bond acceptors (Lipinski definition) is 4. The first-order valence-corrected chi connectivity index (χ1v) is 10.1. The zero-order valence-corrected chi connectivity index (χ0v) is 17.1. The van der Waals surface area contributed by atoms with Gasteiger partial charge in [-0.1, -0.05) is 35.1 Å². The van der Waals surface area contributed by atoms with Crippen molar-refractivity contribution in [2.75, 3.05) is 4.90 Å². The summed E-state index contributed by atoms with van der Waals surface area (Å²) >= 11 is 7.57. The van der Waals surface area contributed by atoms with Gasteiger partial charge >= 0.3 is 0 Å². The molecule has 0 saturated heterocycles. The SMILES string of the molecule is Cc1ccc(C(=O)N(Cc2ccccn2)c2nc3ccc(Cl)cc3s2)cc1C. The Morgan fingerprint density at radius 2 is 1.93 bits per heavy atom. The molecular formula is C22H18ClN3OS. The monoisotopic (exact) mass is 407 g/mol. The van der Waals surface area contributed by atoms with Crippen LogP contribution < -0.4 is 4.90 Å². The lowest BCUT2D eigenvalue weighted by Crippen LogP contribution is -2.30. The smallest absolute Gasteiger partial charge is 0.260 e. The highest BCUT2D eigenvalue weighted by Crippen LogP contribution is 2.32. The molecule has 4 nitrogen and oxygen atoms in total. The van der Waals surface area contributed by atoms with Crippen molar-refractivity contribution < 1.29 is 4.79 Å². The Kier molecular flexibility index (Phi) is 5.11. The summed E-state index contributed by atoms with van der Waals surface area (Å²) in [5.41, 5.74) is 4.50. The predicted octanol–water partition coefficient (Wildman–Crippen LogP) is 5.81. The molecule has 0 atom stereocenters. The molecule has 2 aromatic carbocycles. The van der Waals surface area contributed by atoms with Gasteiger partial charge in [-0.15, -0.1) is 0 Å². The fraction of sp³-hybridized carbons (Fsp3) is 0.136. The van der Waals surface area contributed by atoms with Gasteiger partial charge in [0, 0.05) is 16.8 Å². The van der Waals surface area contributed by atoms with E-state index >= 15 is 0 Å². The summed E-state index contributed by atoms with van der Waals surface area (Å²) in [6.07, 6.45) is 1.73. The molecule has 0 radical (unpaired) electrons. The molecule has 1 amide bonds.